The Bertz CT molecular complexity index is 341. The lowest BCUT2D eigenvalue weighted by Gasteiger charge is -2.00. The highest BCUT2D eigenvalue weighted by molar-refractivity contribution is 9.10. The Morgan fingerprint density at radius 3 is 2.86 bits per heavy atom. The van der Waals surface area contributed by atoms with Crippen LogP contribution in [0.5, 0.6) is 0 Å². The molecule has 0 aliphatic carbocycles. The van der Waals surface area contributed by atoms with Crippen LogP contribution in [0.15, 0.2) is 22.7 Å². The summed E-state index contributed by atoms with van der Waals surface area (Å²) in [5.74, 6) is 0.377. The summed E-state index contributed by atoms with van der Waals surface area (Å²) in [5.41, 5.74) is 0.444. The highest BCUT2D eigenvalue weighted by atomic mass is 79.9. The summed E-state index contributed by atoms with van der Waals surface area (Å²) in [5, 5.41) is 0. The molecule has 0 aromatic heterocycles. The molecule has 0 radical (unpaired) electrons. The third-order valence-corrected chi connectivity index (χ3v) is 3.03. The SMILES string of the molecule is CSCCC(=O)c1ccc(Br)c(F)c1. The molecule has 0 heterocycles. The highest BCUT2D eigenvalue weighted by Gasteiger charge is 2.07. The fourth-order valence-electron chi connectivity index (χ4n) is 1.01. The molecular formula is C10H10BrFOS. The van der Waals surface area contributed by atoms with Crippen LogP contribution in [0.2, 0.25) is 0 Å². The maximum Gasteiger partial charge on any atom is 0.163 e. The van der Waals surface area contributed by atoms with E-state index in [4.69, 9.17) is 0 Å². The van der Waals surface area contributed by atoms with Crippen LogP contribution in [-0.4, -0.2) is 17.8 Å². The molecule has 0 atom stereocenters. The molecule has 0 unspecified atom stereocenters. The van der Waals surface area contributed by atoms with E-state index in [0.29, 0.717) is 16.5 Å². The Kier molecular flexibility index (Phi) is 4.62. The molecule has 1 nitrogen and oxygen atoms in total. The van der Waals surface area contributed by atoms with Crippen LogP contribution in [0.25, 0.3) is 0 Å². The third-order valence-electron chi connectivity index (χ3n) is 1.77. The van der Waals surface area contributed by atoms with Crippen molar-refractivity contribution in [2.75, 3.05) is 12.0 Å². The number of hydrogen-bond acceptors (Lipinski definition) is 2. The van der Waals surface area contributed by atoms with Crippen LogP contribution < -0.4 is 0 Å². The van der Waals surface area contributed by atoms with Gasteiger partial charge in [-0.05, 0) is 34.3 Å². The van der Waals surface area contributed by atoms with Crippen molar-refractivity contribution in [3.05, 3.63) is 34.1 Å². The van der Waals surface area contributed by atoms with Crippen molar-refractivity contribution in [2.45, 2.75) is 6.42 Å². The summed E-state index contributed by atoms with van der Waals surface area (Å²) < 4.78 is 13.4. The quantitative estimate of drug-likeness (QED) is 0.783. The Morgan fingerprint density at radius 1 is 1.57 bits per heavy atom. The highest BCUT2D eigenvalue weighted by Crippen LogP contribution is 2.17. The molecule has 0 saturated carbocycles. The van der Waals surface area contributed by atoms with Crippen LogP contribution >= 0.6 is 27.7 Å². The first-order valence-electron chi connectivity index (χ1n) is 4.12. The molecule has 1 rings (SSSR count). The van der Waals surface area contributed by atoms with Crippen molar-refractivity contribution in [2.24, 2.45) is 0 Å². The summed E-state index contributed by atoms with van der Waals surface area (Å²) in [7, 11) is 0. The number of carbonyl (C=O) groups excluding carboxylic acids is 1. The fourth-order valence-corrected chi connectivity index (χ4v) is 1.64. The van der Waals surface area contributed by atoms with E-state index in [1.165, 1.54) is 6.07 Å². The summed E-state index contributed by atoms with van der Waals surface area (Å²) in [4.78, 5) is 11.5. The van der Waals surface area contributed by atoms with Crippen LogP contribution in [0.3, 0.4) is 0 Å². The zero-order chi connectivity index (χ0) is 10.6. The van der Waals surface area contributed by atoms with E-state index in [0.717, 1.165) is 5.75 Å². The van der Waals surface area contributed by atoms with Crippen molar-refractivity contribution in [1.82, 2.24) is 0 Å². The Balaban J connectivity index is 2.76. The molecule has 0 amide bonds. The predicted molar refractivity (Wildman–Crippen MR) is 61.4 cm³/mol. The van der Waals surface area contributed by atoms with Crippen LogP contribution in [0.4, 0.5) is 4.39 Å². The second-order valence-corrected chi connectivity index (χ2v) is 4.63. The molecule has 1 aromatic rings. The first-order chi connectivity index (χ1) is 6.65. The van der Waals surface area contributed by atoms with Crippen molar-refractivity contribution in [3.63, 3.8) is 0 Å². The van der Waals surface area contributed by atoms with E-state index in [1.807, 2.05) is 6.26 Å². The van der Waals surface area contributed by atoms with Gasteiger partial charge >= 0.3 is 0 Å². The van der Waals surface area contributed by atoms with E-state index in [2.05, 4.69) is 15.9 Å². The fraction of sp³-hybridized carbons (Fsp3) is 0.300. The van der Waals surface area contributed by atoms with Gasteiger partial charge in [0.25, 0.3) is 0 Å². The summed E-state index contributed by atoms with van der Waals surface area (Å²) >= 11 is 4.65. The number of benzene rings is 1. The Morgan fingerprint density at radius 2 is 2.29 bits per heavy atom. The molecule has 1 aromatic carbocycles. The molecule has 14 heavy (non-hydrogen) atoms. The molecule has 0 fully saturated rings. The van der Waals surface area contributed by atoms with Gasteiger partial charge in [-0.25, -0.2) is 4.39 Å². The van der Waals surface area contributed by atoms with Crippen molar-refractivity contribution >= 4 is 33.5 Å². The zero-order valence-corrected chi connectivity index (χ0v) is 10.1. The van der Waals surface area contributed by atoms with E-state index in [-0.39, 0.29) is 11.6 Å². The van der Waals surface area contributed by atoms with E-state index in [9.17, 15) is 9.18 Å². The van der Waals surface area contributed by atoms with Gasteiger partial charge in [0.05, 0.1) is 4.47 Å². The van der Waals surface area contributed by atoms with Crippen LogP contribution in [-0.2, 0) is 0 Å². The van der Waals surface area contributed by atoms with E-state index in [1.54, 1.807) is 23.9 Å². The number of carbonyl (C=O) groups is 1. The van der Waals surface area contributed by atoms with E-state index >= 15 is 0 Å². The number of ketones is 1. The van der Waals surface area contributed by atoms with Gasteiger partial charge in [0.15, 0.2) is 5.78 Å². The van der Waals surface area contributed by atoms with Crippen LogP contribution in [0.1, 0.15) is 16.8 Å². The van der Waals surface area contributed by atoms with Gasteiger partial charge in [-0.2, -0.15) is 11.8 Å². The van der Waals surface area contributed by atoms with Crippen molar-refractivity contribution in [3.8, 4) is 0 Å². The first-order valence-corrected chi connectivity index (χ1v) is 6.31. The minimum atomic E-state index is -0.389. The summed E-state index contributed by atoms with van der Waals surface area (Å²) in [6.07, 6.45) is 2.40. The lowest BCUT2D eigenvalue weighted by Crippen LogP contribution is -2.01. The summed E-state index contributed by atoms with van der Waals surface area (Å²) in [6.45, 7) is 0. The average molecular weight is 277 g/mol. The number of Topliss-reactive ketones (excluding diaryl/α,β-unsaturated/α-hetero) is 1. The smallest absolute Gasteiger partial charge is 0.163 e. The molecule has 0 saturated heterocycles. The molecule has 76 valence electrons. The zero-order valence-electron chi connectivity index (χ0n) is 7.72. The molecule has 0 bridgehead atoms. The first kappa shape index (κ1) is 11.7. The minimum absolute atomic E-state index is 0.00856. The van der Waals surface area contributed by atoms with Gasteiger partial charge in [0, 0.05) is 17.7 Å². The standard InChI is InChI=1S/C10H10BrFOS/c1-14-5-4-10(13)7-2-3-8(11)9(12)6-7/h2-3,6H,4-5H2,1H3. The number of thioether (sulfide) groups is 1. The normalized spacial score (nSPS) is 10.2. The number of halogens is 2. The van der Waals surface area contributed by atoms with Crippen LogP contribution in [0, 0.1) is 5.82 Å². The molecule has 0 aliphatic heterocycles. The Labute approximate surface area is 95.2 Å². The van der Waals surface area contributed by atoms with Gasteiger partial charge < -0.3 is 0 Å². The van der Waals surface area contributed by atoms with Crippen molar-refractivity contribution in [1.29, 1.82) is 0 Å². The lowest BCUT2D eigenvalue weighted by molar-refractivity contribution is 0.0989. The second-order valence-electron chi connectivity index (χ2n) is 2.79. The maximum atomic E-state index is 13.1. The third kappa shape index (κ3) is 3.10. The van der Waals surface area contributed by atoms with Gasteiger partial charge in [-0.15, -0.1) is 0 Å². The Hall–Kier alpha value is -0.350. The largest absolute Gasteiger partial charge is 0.294 e. The van der Waals surface area contributed by atoms with Gasteiger partial charge in [-0.1, -0.05) is 6.07 Å². The molecular weight excluding hydrogens is 267 g/mol. The van der Waals surface area contributed by atoms with Gasteiger partial charge in [0.1, 0.15) is 5.82 Å². The molecule has 4 heteroatoms. The topological polar surface area (TPSA) is 17.1 Å². The van der Waals surface area contributed by atoms with Gasteiger partial charge in [0.2, 0.25) is 0 Å². The van der Waals surface area contributed by atoms with E-state index < -0.39 is 0 Å². The molecule has 0 spiro atoms. The number of hydrogen-bond donors (Lipinski definition) is 0. The second kappa shape index (κ2) is 5.51. The lowest BCUT2D eigenvalue weighted by atomic mass is 10.1. The van der Waals surface area contributed by atoms with Crippen molar-refractivity contribution < 1.29 is 9.18 Å². The maximum absolute atomic E-state index is 13.1. The molecule has 0 N–H and O–H groups in total. The number of rotatable bonds is 4. The minimum Gasteiger partial charge on any atom is -0.294 e. The monoisotopic (exact) mass is 276 g/mol. The molecule has 0 aliphatic rings. The van der Waals surface area contributed by atoms with Gasteiger partial charge in [-0.3, -0.25) is 4.79 Å². The average Bonchev–Trinajstić information content (AvgIpc) is 2.18. The summed E-state index contributed by atoms with van der Waals surface area (Å²) in [6, 6.07) is 4.46. The predicted octanol–water partition coefficient (Wildman–Crippen LogP) is 3.52.